The van der Waals surface area contributed by atoms with Gasteiger partial charge in [0.2, 0.25) is 11.8 Å². The van der Waals surface area contributed by atoms with Gasteiger partial charge in [-0.15, -0.1) is 0 Å². The molecule has 0 unspecified atom stereocenters. The Kier molecular flexibility index (Phi) is 9.48. The quantitative estimate of drug-likeness (QED) is 0.169. The van der Waals surface area contributed by atoms with E-state index in [4.69, 9.17) is 21.9 Å². The summed E-state index contributed by atoms with van der Waals surface area (Å²) in [5, 5.41) is 10.3. The van der Waals surface area contributed by atoms with E-state index in [1.165, 1.54) is 18.1 Å². The summed E-state index contributed by atoms with van der Waals surface area (Å²) in [5.74, 6) is -1.43. The van der Waals surface area contributed by atoms with Gasteiger partial charge in [-0.3, -0.25) is 14.6 Å². The van der Waals surface area contributed by atoms with Crippen LogP contribution in [0.15, 0.2) is 83.9 Å². The molecule has 3 aromatic carbocycles. The number of aromatic hydroxyl groups is 1. The van der Waals surface area contributed by atoms with Gasteiger partial charge in [0, 0.05) is 13.1 Å². The van der Waals surface area contributed by atoms with E-state index in [0.717, 1.165) is 11.1 Å². The summed E-state index contributed by atoms with van der Waals surface area (Å²) < 4.78 is 5.14. The van der Waals surface area contributed by atoms with Gasteiger partial charge in [0.05, 0.1) is 13.0 Å². The number of nitrogens with two attached hydrogens (primary N) is 3. The highest BCUT2D eigenvalue weighted by molar-refractivity contribution is 5.92. The summed E-state index contributed by atoms with van der Waals surface area (Å²) in [6.45, 7) is 0.334. The van der Waals surface area contributed by atoms with Crippen molar-refractivity contribution in [2.45, 2.75) is 31.3 Å². The van der Waals surface area contributed by atoms with Crippen LogP contribution in [-0.4, -0.2) is 47.5 Å². The standard InChI is InChI=1S/C28H33N5O4/c1-37-24-15-14-19(17-23(24)34)18-33(22(26(29)35)13-8-16-32-28(30)31)27(36)25(20-9-4-2-5-10-20)21-11-6-3-7-12-21/h2-7,9-12,14-15,17,22,25,34H,8,13,16,18H2,1H3,(H2,29,35)(H4,30,31,32)/t22-/m0/s1. The summed E-state index contributed by atoms with van der Waals surface area (Å²) in [5.41, 5.74) is 18.9. The number of guanidine groups is 1. The minimum absolute atomic E-state index is 0.0441. The fourth-order valence-electron chi connectivity index (χ4n) is 4.25. The van der Waals surface area contributed by atoms with Gasteiger partial charge in [0.25, 0.3) is 0 Å². The molecule has 3 rings (SSSR count). The molecule has 0 saturated heterocycles. The monoisotopic (exact) mass is 503 g/mol. The Hall–Kier alpha value is -4.53. The van der Waals surface area contributed by atoms with Crippen molar-refractivity contribution in [3.8, 4) is 11.5 Å². The van der Waals surface area contributed by atoms with Crippen LogP contribution in [0.2, 0.25) is 0 Å². The maximum absolute atomic E-state index is 14.3. The number of phenols is 1. The molecule has 0 aliphatic carbocycles. The third-order valence-corrected chi connectivity index (χ3v) is 6.03. The molecule has 9 nitrogen and oxygen atoms in total. The van der Waals surface area contributed by atoms with Gasteiger partial charge >= 0.3 is 0 Å². The molecule has 0 bridgehead atoms. The first kappa shape index (κ1) is 27.1. The van der Waals surface area contributed by atoms with Crippen molar-refractivity contribution in [2.24, 2.45) is 22.2 Å². The molecule has 0 fully saturated rings. The number of hydrogen-bond donors (Lipinski definition) is 4. The van der Waals surface area contributed by atoms with Crippen molar-refractivity contribution in [3.05, 3.63) is 95.6 Å². The molecule has 2 amide bonds. The van der Waals surface area contributed by atoms with Crippen LogP contribution < -0.4 is 21.9 Å². The lowest BCUT2D eigenvalue weighted by Crippen LogP contribution is -2.49. The molecule has 194 valence electrons. The number of carbonyl (C=O) groups excluding carboxylic acids is 2. The fraction of sp³-hybridized carbons (Fsp3) is 0.250. The van der Waals surface area contributed by atoms with Crippen LogP contribution in [0.1, 0.15) is 35.4 Å². The minimum Gasteiger partial charge on any atom is -0.504 e. The Labute approximate surface area is 216 Å². The van der Waals surface area contributed by atoms with E-state index in [-0.39, 0.29) is 37.1 Å². The summed E-state index contributed by atoms with van der Waals surface area (Å²) >= 11 is 0. The van der Waals surface area contributed by atoms with Crippen molar-refractivity contribution in [1.82, 2.24) is 4.90 Å². The zero-order chi connectivity index (χ0) is 26.8. The highest BCUT2D eigenvalue weighted by Gasteiger charge is 2.34. The molecule has 7 N–H and O–H groups in total. The van der Waals surface area contributed by atoms with Gasteiger partial charge in [-0.2, -0.15) is 0 Å². The van der Waals surface area contributed by atoms with Crippen LogP contribution in [-0.2, 0) is 16.1 Å². The second kappa shape index (κ2) is 13.0. The first-order valence-electron chi connectivity index (χ1n) is 11.9. The van der Waals surface area contributed by atoms with Gasteiger partial charge in [-0.1, -0.05) is 66.7 Å². The van der Waals surface area contributed by atoms with Crippen LogP contribution >= 0.6 is 0 Å². The van der Waals surface area contributed by atoms with E-state index in [1.807, 2.05) is 60.7 Å². The molecule has 9 heteroatoms. The number of rotatable bonds is 12. The number of nitrogens with zero attached hydrogens (tertiary/aromatic N) is 2. The average molecular weight is 504 g/mol. The second-order valence-corrected chi connectivity index (χ2v) is 8.59. The van der Waals surface area contributed by atoms with Crippen LogP contribution in [0.4, 0.5) is 0 Å². The van der Waals surface area contributed by atoms with Crippen LogP contribution in [0.3, 0.4) is 0 Å². The molecular weight excluding hydrogens is 470 g/mol. The number of methoxy groups -OCH3 is 1. The Balaban J connectivity index is 2.04. The average Bonchev–Trinajstić information content (AvgIpc) is 2.89. The largest absolute Gasteiger partial charge is 0.504 e. The summed E-state index contributed by atoms with van der Waals surface area (Å²) in [6, 6.07) is 22.7. The number of hydrogen-bond acceptors (Lipinski definition) is 5. The van der Waals surface area contributed by atoms with Crippen LogP contribution in [0.5, 0.6) is 11.5 Å². The number of benzene rings is 3. The van der Waals surface area contributed by atoms with Crippen molar-refractivity contribution in [2.75, 3.05) is 13.7 Å². The van der Waals surface area contributed by atoms with Gasteiger partial charge in [0.1, 0.15) is 6.04 Å². The smallest absolute Gasteiger partial charge is 0.240 e. The van der Waals surface area contributed by atoms with E-state index in [9.17, 15) is 14.7 Å². The van der Waals surface area contributed by atoms with E-state index < -0.39 is 17.9 Å². The second-order valence-electron chi connectivity index (χ2n) is 8.59. The van der Waals surface area contributed by atoms with E-state index >= 15 is 0 Å². The molecule has 37 heavy (non-hydrogen) atoms. The fourth-order valence-corrected chi connectivity index (χ4v) is 4.25. The maximum Gasteiger partial charge on any atom is 0.240 e. The third kappa shape index (κ3) is 7.23. The summed E-state index contributed by atoms with van der Waals surface area (Å²) in [7, 11) is 1.45. The topological polar surface area (TPSA) is 157 Å². The molecule has 3 aromatic rings. The SMILES string of the molecule is COc1ccc(CN(C(=O)C(c2ccccc2)c2ccccc2)[C@@H](CCCN=C(N)N)C(N)=O)cc1O. The van der Waals surface area contributed by atoms with Gasteiger partial charge < -0.3 is 31.9 Å². The number of phenolic OH excluding ortho intramolecular Hbond substituents is 1. The predicted octanol–water partition coefficient (Wildman–Crippen LogP) is 2.47. The lowest BCUT2D eigenvalue weighted by molar-refractivity contribution is -0.141. The van der Waals surface area contributed by atoms with Gasteiger partial charge in [-0.25, -0.2) is 0 Å². The van der Waals surface area contributed by atoms with Gasteiger partial charge in [0.15, 0.2) is 17.5 Å². The highest BCUT2D eigenvalue weighted by Crippen LogP contribution is 2.31. The summed E-state index contributed by atoms with van der Waals surface area (Å²) in [4.78, 5) is 32.5. The predicted molar refractivity (Wildman–Crippen MR) is 143 cm³/mol. The van der Waals surface area contributed by atoms with Crippen molar-refractivity contribution in [3.63, 3.8) is 0 Å². The zero-order valence-corrected chi connectivity index (χ0v) is 20.8. The summed E-state index contributed by atoms with van der Waals surface area (Å²) in [6.07, 6.45) is 0.695. The van der Waals surface area contributed by atoms with E-state index in [1.54, 1.807) is 12.1 Å². The third-order valence-electron chi connectivity index (χ3n) is 6.03. The van der Waals surface area contributed by atoms with Crippen molar-refractivity contribution < 1.29 is 19.4 Å². The molecule has 0 aliphatic rings. The molecule has 0 saturated carbocycles. The molecule has 1 atom stereocenters. The van der Waals surface area contributed by atoms with E-state index in [2.05, 4.69) is 4.99 Å². The number of ether oxygens (including phenoxy) is 1. The molecule has 0 aliphatic heterocycles. The molecule has 0 spiro atoms. The van der Waals surface area contributed by atoms with Gasteiger partial charge in [-0.05, 0) is 41.7 Å². The Morgan fingerprint density at radius 1 is 0.946 bits per heavy atom. The Bertz CT molecular complexity index is 1170. The highest BCUT2D eigenvalue weighted by atomic mass is 16.5. The minimum atomic E-state index is -0.930. The number of carbonyl (C=O) groups is 2. The molecule has 0 heterocycles. The number of aliphatic imine (C=N–C) groups is 1. The first-order valence-corrected chi connectivity index (χ1v) is 11.9. The lowest BCUT2D eigenvalue weighted by atomic mass is 9.89. The van der Waals surface area contributed by atoms with E-state index in [0.29, 0.717) is 17.7 Å². The lowest BCUT2D eigenvalue weighted by Gasteiger charge is -2.33. The van der Waals surface area contributed by atoms with Crippen LogP contribution in [0.25, 0.3) is 0 Å². The first-order chi connectivity index (χ1) is 17.8. The van der Waals surface area contributed by atoms with Crippen molar-refractivity contribution >= 4 is 17.8 Å². The zero-order valence-electron chi connectivity index (χ0n) is 20.8. The van der Waals surface area contributed by atoms with Crippen molar-refractivity contribution in [1.29, 1.82) is 0 Å². The number of amides is 2. The molecule has 0 radical (unpaired) electrons. The maximum atomic E-state index is 14.3. The van der Waals surface area contributed by atoms with Crippen LogP contribution in [0, 0.1) is 0 Å². The Morgan fingerprint density at radius 3 is 2.03 bits per heavy atom. The Morgan fingerprint density at radius 2 is 1.54 bits per heavy atom. The number of primary amides is 1. The molecule has 0 aromatic heterocycles. The molecular formula is C28H33N5O4. The normalized spacial score (nSPS) is 11.5.